The molecular weight excluding hydrogens is 350 g/mol. The molecule has 0 spiro atoms. The molecule has 7 heteroatoms. The number of carbonyl (C=O) groups is 4. The molecule has 1 aliphatic carbocycles. The molecule has 1 aromatic rings. The summed E-state index contributed by atoms with van der Waals surface area (Å²) in [6.07, 6.45) is 3.57. The van der Waals surface area contributed by atoms with Gasteiger partial charge in [-0.05, 0) is 30.5 Å². The number of hydrogen-bond donors (Lipinski definition) is 0. The summed E-state index contributed by atoms with van der Waals surface area (Å²) in [5.41, 5.74) is 0.748. The number of fused-ring (bicyclic) bond motifs is 1. The topological polar surface area (TPSA) is 90.0 Å². The predicted octanol–water partition coefficient (Wildman–Crippen LogP) is 1.87. The van der Waals surface area contributed by atoms with Gasteiger partial charge in [-0.25, -0.2) is 0 Å². The van der Waals surface area contributed by atoms with E-state index in [4.69, 9.17) is 4.74 Å². The zero-order valence-electron chi connectivity index (χ0n) is 15.3. The second kappa shape index (κ2) is 8.33. The minimum absolute atomic E-state index is 0.0408. The largest absolute Gasteiger partial charge is 0.469 e. The summed E-state index contributed by atoms with van der Waals surface area (Å²) < 4.78 is 9.84. The van der Waals surface area contributed by atoms with Gasteiger partial charge in [-0.2, -0.15) is 0 Å². The first-order valence-electron chi connectivity index (χ1n) is 9.21. The Morgan fingerprint density at radius 3 is 2.15 bits per heavy atom. The fraction of sp³-hybridized carbons (Fsp3) is 0.500. The normalized spacial score (nSPS) is 21.7. The summed E-state index contributed by atoms with van der Waals surface area (Å²) in [4.78, 5) is 49.3. The molecule has 1 aromatic carbocycles. The number of methoxy groups -OCH3 is 1. The SMILES string of the molecule is COC(=O)Cc1ccc(OC(=O)CCN2C(=O)[C@@H]3CCCC[C@H]3C2=O)cc1. The second-order valence-electron chi connectivity index (χ2n) is 6.95. The molecule has 0 radical (unpaired) electrons. The van der Waals surface area contributed by atoms with Gasteiger partial charge < -0.3 is 9.47 Å². The number of likely N-dealkylation sites (tertiary alicyclic amines) is 1. The number of carbonyl (C=O) groups excluding carboxylic acids is 4. The van der Waals surface area contributed by atoms with Crippen LogP contribution in [-0.4, -0.2) is 42.3 Å². The highest BCUT2D eigenvalue weighted by molar-refractivity contribution is 6.05. The van der Waals surface area contributed by atoms with Crippen LogP contribution in [0.1, 0.15) is 37.7 Å². The standard InChI is InChI=1S/C20H23NO6/c1-26-18(23)12-13-6-8-14(9-7-13)27-17(22)10-11-21-19(24)15-4-2-3-5-16(15)20(21)25/h6-9,15-16H,2-5,10-12H2,1H3/t15-,16-/m1/s1. The lowest BCUT2D eigenvalue weighted by Gasteiger charge is -2.19. The van der Waals surface area contributed by atoms with Crippen molar-refractivity contribution < 1.29 is 28.7 Å². The number of esters is 2. The molecule has 1 aliphatic heterocycles. The van der Waals surface area contributed by atoms with Crippen LogP contribution in [0.3, 0.4) is 0 Å². The van der Waals surface area contributed by atoms with E-state index in [0.29, 0.717) is 5.75 Å². The van der Waals surface area contributed by atoms with Crippen molar-refractivity contribution in [2.24, 2.45) is 11.8 Å². The molecule has 0 bridgehead atoms. The molecule has 0 aromatic heterocycles. The van der Waals surface area contributed by atoms with Crippen LogP contribution in [0, 0.1) is 11.8 Å². The molecule has 2 aliphatic rings. The molecule has 144 valence electrons. The Morgan fingerprint density at radius 2 is 1.59 bits per heavy atom. The van der Waals surface area contributed by atoms with Crippen LogP contribution in [-0.2, 0) is 30.3 Å². The Hall–Kier alpha value is -2.70. The highest BCUT2D eigenvalue weighted by atomic mass is 16.5. The first kappa shape index (κ1) is 19.1. The van der Waals surface area contributed by atoms with E-state index >= 15 is 0 Å². The molecule has 0 N–H and O–H groups in total. The van der Waals surface area contributed by atoms with E-state index < -0.39 is 5.97 Å². The zero-order chi connectivity index (χ0) is 19.4. The average Bonchev–Trinajstić information content (AvgIpc) is 2.92. The molecule has 2 fully saturated rings. The van der Waals surface area contributed by atoms with Crippen molar-refractivity contribution in [3.05, 3.63) is 29.8 Å². The summed E-state index contributed by atoms with van der Waals surface area (Å²) in [5.74, 6) is -1.21. The Morgan fingerprint density at radius 1 is 1.00 bits per heavy atom. The van der Waals surface area contributed by atoms with Crippen LogP contribution in [0.25, 0.3) is 0 Å². The highest BCUT2D eigenvalue weighted by Gasteiger charge is 2.47. The maximum Gasteiger partial charge on any atom is 0.312 e. The van der Waals surface area contributed by atoms with Crippen LogP contribution in [0.2, 0.25) is 0 Å². The zero-order valence-corrected chi connectivity index (χ0v) is 15.3. The van der Waals surface area contributed by atoms with Gasteiger partial charge in [-0.3, -0.25) is 24.1 Å². The third kappa shape index (κ3) is 4.35. The number of ether oxygens (including phenoxy) is 2. The summed E-state index contributed by atoms with van der Waals surface area (Å²) in [6.45, 7) is 0.0594. The van der Waals surface area contributed by atoms with Gasteiger partial charge in [-0.15, -0.1) is 0 Å². The quantitative estimate of drug-likeness (QED) is 0.430. The van der Waals surface area contributed by atoms with Gasteiger partial charge in [0.1, 0.15) is 5.75 Å². The lowest BCUT2D eigenvalue weighted by atomic mass is 9.81. The van der Waals surface area contributed by atoms with Gasteiger partial charge in [0.05, 0.1) is 31.8 Å². The van der Waals surface area contributed by atoms with Gasteiger partial charge in [-0.1, -0.05) is 25.0 Å². The van der Waals surface area contributed by atoms with Crippen LogP contribution in [0.5, 0.6) is 5.75 Å². The third-order valence-corrected chi connectivity index (χ3v) is 5.20. The van der Waals surface area contributed by atoms with Crippen LogP contribution in [0.4, 0.5) is 0 Å². The molecule has 1 heterocycles. The van der Waals surface area contributed by atoms with Gasteiger partial charge in [0.15, 0.2) is 0 Å². The summed E-state index contributed by atoms with van der Waals surface area (Å²) in [5, 5.41) is 0. The van der Waals surface area contributed by atoms with Crippen molar-refractivity contribution >= 4 is 23.8 Å². The van der Waals surface area contributed by atoms with E-state index in [1.54, 1.807) is 24.3 Å². The van der Waals surface area contributed by atoms with E-state index in [0.717, 1.165) is 31.2 Å². The maximum atomic E-state index is 12.4. The Kier molecular flexibility index (Phi) is 5.88. The van der Waals surface area contributed by atoms with Crippen molar-refractivity contribution in [2.75, 3.05) is 13.7 Å². The number of benzene rings is 1. The lowest BCUT2D eigenvalue weighted by molar-refractivity contribution is -0.142. The van der Waals surface area contributed by atoms with E-state index in [1.165, 1.54) is 12.0 Å². The van der Waals surface area contributed by atoms with Crippen LogP contribution < -0.4 is 4.74 Å². The maximum absolute atomic E-state index is 12.4. The fourth-order valence-corrected chi connectivity index (χ4v) is 3.75. The van der Waals surface area contributed by atoms with E-state index in [1.807, 2.05) is 0 Å². The molecule has 0 unspecified atom stereocenters. The second-order valence-corrected chi connectivity index (χ2v) is 6.95. The van der Waals surface area contributed by atoms with Crippen molar-refractivity contribution in [2.45, 2.75) is 38.5 Å². The van der Waals surface area contributed by atoms with Crippen LogP contribution in [0.15, 0.2) is 24.3 Å². The van der Waals surface area contributed by atoms with E-state index in [2.05, 4.69) is 4.74 Å². The monoisotopic (exact) mass is 373 g/mol. The van der Waals surface area contributed by atoms with Gasteiger partial charge in [0.2, 0.25) is 11.8 Å². The van der Waals surface area contributed by atoms with Crippen LogP contribution >= 0.6 is 0 Å². The molecule has 7 nitrogen and oxygen atoms in total. The molecule has 2 atom stereocenters. The summed E-state index contributed by atoms with van der Waals surface area (Å²) in [6, 6.07) is 6.54. The minimum atomic E-state index is -0.508. The van der Waals surface area contributed by atoms with Crippen molar-refractivity contribution in [3.63, 3.8) is 0 Å². The minimum Gasteiger partial charge on any atom is -0.469 e. The molecule has 2 amide bonds. The Labute approximate surface area is 157 Å². The molecule has 3 rings (SSSR count). The van der Waals surface area contributed by atoms with Gasteiger partial charge in [0.25, 0.3) is 0 Å². The van der Waals surface area contributed by atoms with Crippen molar-refractivity contribution in [3.8, 4) is 5.75 Å². The Bertz CT molecular complexity index is 717. The molecule has 1 saturated carbocycles. The van der Waals surface area contributed by atoms with Gasteiger partial charge in [0, 0.05) is 6.54 Å². The average molecular weight is 373 g/mol. The fourth-order valence-electron chi connectivity index (χ4n) is 3.75. The molecular formula is C20H23NO6. The van der Waals surface area contributed by atoms with E-state index in [9.17, 15) is 19.2 Å². The number of imide groups is 1. The first-order valence-corrected chi connectivity index (χ1v) is 9.21. The molecule has 27 heavy (non-hydrogen) atoms. The Balaban J connectivity index is 1.50. The third-order valence-electron chi connectivity index (χ3n) is 5.20. The predicted molar refractivity (Wildman–Crippen MR) is 94.6 cm³/mol. The summed E-state index contributed by atoms with van der Waals surface area (Å²) in [7, 11) is 1.32. The highest BCUT2D eigenvalue weighted by Crippen LogP contribution is 2.37. The van der Waals surface area contributed by atoms with Crippen molar-refractivity contribution in [1.29, 1.82) is 0 Å². The number of nitrogens with zero attached hydrogens (tertiary/aromatic N) is 1. The smallest absolute Gasteiger partial charge is 0.312 e. The first-order chi connectivity index (χ1) is 13.0. The number of hydrogen-bond acceptors (Lipinski definition) is 6. The van der Waals surface area contributed by atoms with Crippen molar-refractivity contribution in [1.82, 2.24) is 4.90 Å². The summed E-state index contributed by atoms with van der Waals surface area (Å²) >= 11 is 0. The molecule has 1 saturated heterocycles. The number of amides is 2. The van der Waals surface area contributed by atoms with E-state index in [-0.39, 0.29) is 49.0 Å². The number of rotatable bonds is 6. The van der Waals surface area contributed by atoms with Gasteiger partial charge >= 0.3 is 11.9 Å². The lowest BCUT2D eigenvalue weighted by Crippen LogP contribution is -2.33.